The standard InChI is InChI=1S/C16H16F2N2O3/c17-11-5-4-10(8-12(11)18)13(21)9-20-14(22)16(19-15(20)23)6-2-1-3-7-16/h4-5,8H,1-3,6-7,9H2,(H,19,23). The maximum atomic E-state index is 13.2. The van der Waals surface area contributed by atoms with Gasteiger partial charge in [-0.25, -0.2) is 13.6 Å². The minimum atomic E-state index is -1.14. The maximum Gasteiger partial charge on any atom is 0.325 e. The van der Waals surface area contributed by atoms with Gasteiger partial charge >= 0.3 is 6.03 Å². The van der Waals surface area contributed by atoms with E-state index in [1.165, 1.54) is 0 Å². The van der Waals surface area contributed by atoms with Crippen LogP contribution in [0.2, 0.25) is 0 Å². The topological polar surface area (TPSA) is 66.5 Å². The van der Waals surface area contributed by atoms with Crippen molar-refractivity contribution >= 4 is 17.7 Å². The molecule has 1 saturated carbocycles. The molecule has 1 aromatic rings. The van der Waals surface area contributed by atoms with Gasteiger partial charge in [-0.2, -0.15) is 0 Å². The molecule has 122 valence electrons. The molecule has 1 heterocycles. The first-order valence-corrected chi connectivity index (χ1v) is 7.55. The SMILES string of the molecule is O=C(CN1C(=O)NC2(CCCCC2)C1=O)c1ccc(F)c(F)c1. The normalized spacial score (nSPS) is 20.0. The van der Waals surface area contributed by atoms with Crippen LogP contribution in [0.1, 0.15) is 42.5 Å². The van der Waals surface area contributed by atoms with Crippen molar-refractivity contribution in [1.29, 1.82) is 0 Å². The van der Waals surface area contributed by atoms with E-state index >= 15 is 0 Å². The van der Waals surface area contributed by atoms with Gasteiger partial charge in [0.1, 0.15) is 5.54 Å². The summed E-state index contributed by atoms with van der Waals surface area (Å²) in [6.45, 7) is -0.475. The van der Waals surface area contributed by atoms with Crippen molar-refractivity contribution < 1.29 is 23.2 Å². The second-order valence-electron chi connectivity index (χ2n) is 6.02. The summed E-state index contributed by atoms with van der Waals surface area (Å²) in [7, 11) is 0. The summed E-state index contributed by atoms with van der Waals surface area (Å²) in [5.41, 5.74) is -0.974. The number of rotatable bonds is 3. The van der Waals surface area contributed by atoms with Crippen LogP contribution in [-0.4, -0.2) is 34.7 Å². The quantitative estimate of drug-likeness (QED) is 0.686. The van der Waals surface area contributed by atoms with Crippen molar-refractivity contribution in [3.8, 4) is 0 Å². The van der Waals surface area contributed by atoms with E-state index in [1.54, 1.807) is 0 Å². The Kier molecular flexibility index (Phi) is 3.87. The molecule has 2 aliphatic rings. The lowest BCUT2D eigenvalue weighted by molar-refractivity contribution is -0.132. The number of nitrogens with zero attached hydrogens (tertiary/aromatic N) is 1. The van der Waals surface area contributed by atoms with Gasteiger partial charge in [0.2, 0.25) is 0 Å². The van der Waals surface area contributed by atoms with Crippen LogP contribution in [0.4, 0.5) is 13.6 Å². The van der Waals surface area contributed by atoms with Gasteiger partial charge in [-0.3, -0.25) is 14.5 Å². The summed E-state index contributed by atoms with van der Waals surface area (Å²) in [4.78, 5) is 37.6. The van der Waals surface area contributed by atoms with E-state index in [1.807, 2.05) is 0 Å². The Bertz CT molecular complexity index is 684. The minimum absolute atomic E-state index is 0.0749. The van der Waals surface area contributed by atoms with Gasteiger partial charge in [0.25, 0.3) is 5.91 Å². The number of hydrogen-bond acceptors (Lipinski definition) is 3. The maximum absolute atomic E-state index is 13.2. The minimum Gasteiger partial charge on any atom is -0.323 e. The number of benzene rings is 1. The van der Waals surface area contributed by atoms with Crippen LogP contribution in [0.15, 0.2) is 18.2 Å². The van der Waals surface area contributed by atoms with E-state index in [4.69, 9.17) is 0 Å². The van der Waals surface area contributed by atoms with E-state index in [2.05, 4.69) is 5.32 Å². The number of carbonyl (C=O) groups is 3. The molecule has 23 heavy (non-hydrogen) atoms. The van der Waals surface area contributed by atoms with Crippen molar-refractivity contribution in [2.45, 2.75) is 37.6 Å². The van der Waals surface area contributed by atoms with Crippen molar-refractivity contribution in [3.05, 3.63) is 35.4 Å². The lowest BCUT2D eigenvalue weighted by Gasteiger charge is -2.30. The van der Waals surface area contributed by atoms with Crippen LogP contribution >= 0.6 is 0 Å². The first kappa shape index (κ1) is 15.6. The highest BCUT2D eigenvalue weighted by Gasteiger charge is 2.51. The van der Waals surface area contributed by atoms with Crippen LogP contribution in [0, 0.1) is 11.6 Å². The van der Waals surface area contributed by atoms with Gasteiger partial charge in [-0.1, -0.05) is 19.3 Å². The van der Waals surface area contributed by atoms with Crippen LogP contribution in [-0.2, 0) is 4.79 Å². The van der Waals surface area contributed by atoms with E-state index in [9.17, 15) is 23.2 Å². The number of carbonyl (C=O) groups excluding carboxylic acids is 3. The zero-order valence-electron chi connectivity index (χ0n) is 12.4. The summed E-state index contributed by atoms with van der Waals surface area (Å²) in [5, 5.41) is 2.70. The molecule has 3 rings (SSSR count). The molecule has 1 aromatic carbocycles. The van der Waals surface area contributed by atoms with Crippen molar-refractivity contribution in [1.82, 2.24) is 10.2 Å². The van der Waals surface area contributed by atoms with Gasteiger partial charge < -0.3 is 5.32 Å². The van der Waals surface area contributed by atoms with E-state index in [0.29, 0.717) is 12.8 Å². The highest BCUT2D eigenvalue weighted by Crippen LogP contribution is 2.33. The fourth-order valence-corrected chi connectivity index (χ4v) is 3.22. The van der Waals surface area contributed by atoms with Crippen molar-refractivity contribution in [2.75, 3.05) is 6.54 Å². The van der Waals surface area contributed by atoms with Crippen molar-refractivity contribution in [2.24, 2.45) is 0 Å². The number of Topliss-reactive ketones (excluding diaryl/α,β-unsaturated/α-hetero) is 1. The van der Waals surface area contributed by atoms with Gasteiger partial charge in [-0.05, 0) is 31.0 Å². The Morgan fingerprint density at radius 2 is 1.83 bits per heavy atom. The molecule has 0 radical (unpaired) electrons. The van der Waals surface area contributed by atoms with E-state index in [0.717, 1.165) is 42.4 Å². The van der Waals surface area contributed by atoms with Gasteiger partial charge in [0.05, 0.1) is 6.54 Å². The lowest BCUT2D eigenvalue weighted by Crippen LogP contribution is -2.48. The Hall–Kier alpha value is -2.31. The number of imide groups is 1. The monoisotopic (exact) mass is 322 g/mol. The predicted molar refractivity (Wildman–Crippen MR) is 76.7 cm³/mol. The second kappa shape index (κ2) is 5.72. The fourth-order valence-electron chi connectivity index (χ4n) is 3.22. The zero-order chi connectivity index (χ0) is 16.6. The molecule has 1 aliphatic carbocycles. The molecular formula is C16H16F2N2O3. The van der Waals surface area contributed by atoms with Crippen LogP contribution in [0.25, 0.3) is 0 Å². The van der Waals surface area contributed by atoms with Gasteiger partial charge in [0.15, 0.2) is 17.4 Å². The molecule has 7 heteroatoms. The summed E-state index contributed by atoms with van der Waals surface area (Å²) >= 11 is 0. The number of halogens is 2. The van der Waals surface area contributed by atoms with E-state index in [-0.39, 0.29) is 5.56 Å². The summed E-state index contributed by atoms with van der Waals surface area (Å²) in [6, 6.07) is 2.15. The molecule has 0 aromatic heterocycles. The fraction of sp³-hybridized carbons (Fsp3) is 0.438. The molecular weight excluding hydrogens is 306 g/mol. The Morgan fingerprint density at radius 1 is 1.13 bits per heavy atom. The molecule has 1 aliphatic heterocycles. The molecule has 0 bridgehead atoms. The molecule has 1 N–H and O–H groups in total. The summed E-state index contributed by atoms with van der Waals surface area (Å²) in [5.74, 6) is -3.21. The molecule has 0 unspecified atom stereocenters. The molecule has 3 amide bonds. The number of urea groups is 1. The molecule has 5 nitrogen and oxygen atoms in total. The molecule has 1 spiro atoms. The highest BCUT2D eigenvalue weighted by atomic mass is 19.2. The van der Waals surface area contributed by atoms with Crippen LogP contribution < -0.4 is 5.32 Å². The van der Waals surface area contributed by atoms with Gasteiger partial charge in [-0.15, -0.1) is 0 Å². The zero-order valence-corrected chi connectivity index (χ0v) is 12.4. The predicted octanol–water partition coefficient (Wildman–Crippen LogP) is 2.40. The average Bonchev–Trinajstić information content (AvgIpc) is 2.75. The van der Waals surface area contributed by atoms with Gasteiger partial charge in [0, 0.05) is 5.56 Å². The second-order valence-corrected chi connectivity index (χ2v) is 6.02. The lowest BCUT2D eigenvalue weighted by atomic mass is 9.82. The Labute approximate surface area is 131 Å². The molecule has 1 saturated heterocycles. The van der Waals surface area contributed by atoms with Crippen LogP contribution in [0.5, 0.6) is 0 Å². The Balaban J connectivity index is 1.76. The first-order valence-electron chi connectivity index (χ1n) is 7.55. The van der Waals surface area contributed by atoms with Crippen molar-refractivity contribution in [3.63, 3.8) is 0 Å². The number of hydrogen-bond donors (Lipinski definition) is 1. The smallest absolute Gasteiger partial charge is 0.323 e. The third-order valence-corrected chi connectivity index (χ3v) is 4.50. The number of nitrogens with one attached hydrogen (secondary N) is 1. The average molecular weight is 322 g/mol. The van der Waals surface area contributed by atoms with E-state index < -0.39 is 41.4 Å². The molecule has 2 fully saturated rings. The first-order chi connectivity index (χ1) is 10.9. The number of amides is 3. The largest absolute Gasteiger partial charge is 0.325 e. The third kappa shape index (κ3) is 2.71. The molecule has 0 atom stereocenters. The summed E-state index contributed by atoms with van der Waals surface area (Å²) < 4.78 is 26.1. The summed E-state index contributed by atoms with van der Waals surface area (Å²) in [6.07, 6.45) is 3.83. The highest BCUT2D eigenvalue weighted by molar-refractivity contribution is 6.11. The third-order valence-electron chi connectivity index (χ3n) is 4.50. The van der Waals surface area contributed by atoms with Crippen LogP contribution in [0.3, 0.4) is 0 Å². The number of ketones is 1. The Morgan fingerprint density at radius 3 is 2.48 bits per heavy atom.